The molecule has 1 aliphatic rings. The third-order valence-electron chi connectivity index (χ3n) is 1.24. The van der Waals surface area contributed by atoms with E-state index >= 15 is 0 Å². The maximum Gasteiger partial charge on any atom is 0.0658 e. The van der Waals surface area contributed by atoms with Crippen LogP contribution in [0.1, 0.15) is 5.56 Å². The maximum atomic E-state index is 3.17. The van der Waals surface area contributed by atoms with Gasteiger partial charge in [0.05, 0.1) is 5.69 Å². The molecule has 1 aliphatic heterocycles. The highest BCUT2D eigenvalue weighted by Gasteiger charge is 2.08. The summed E-state index contributed by atoms with van der Waals surface area (Å²) in [6.07, 6.45) is 4.01. The Labute approximate surface area is 51.8 Å². The normalized spacial score (nSPS) is 15.5. The highest BCUT2D eigenvalue weighted by molar-refractivity contribution is 8.00. The molecule has 1 aromatic heterocycles. The number of nitrogens with one attached hydrogen (secondary N) is 2. The molecule has 0 radical (unpaired) electrons. The van der Waals surface area contributed by atoms with Gasteiger partial charge in [0.25, 0.3) is 0 Å². The van der Waals surface area contributed by atoms with Crippen LogP contribution in [0, 0.1) is 0 Å². The molecule has 42 valence electrons. The molecule has 0 aromatic carbocycles. The van der Waals surface area contributed by atoms with Crippen molar-refractivity contribution in [3.8, 4) is 0 Å². The average molecular weight is 126 g/mol. The van der Waals surface area contributed by atoms with Crippen LogP contribution in [0.25, 0.3) is 0 Å². The van der Waals surface area contributed by atoms with Crippen LogP contribution in [0.2, 0.25) is 0 Å². The summed E-state index contributed by atoms with van der Waals surface area (Å²) in [6, 6.07) is 0. The van der Waals surface area contributed by atoms with Crippen molar-refractivity contribution in [1.29, 1.82) is 0 Å². The van der Waals surface area contributed by atoms with Crippen LogP contribution < -0.4 is 4.72 Å². The van der Waals surface area contributed by atoms with Crippen LogP contribution >= 0.6 is 11.9 Å². The quantitative estimate of drug-likeness (QED) is 0.516. The molecule has 0 saturated heterocycles. The molecule has 0 amide bonds. The lowest BCUT2D eigenvalue weighted by Gasteiger charge is -1.84. The number of anilines is 1. The summed E-state index contributed by atoms with van der Waals surface area (Å²) in [5.74, 6) is 1.10. The van der Waals surface area contributed by atoms with Crippen molar-refractivity contribution in [2.24, 2.45) is 0 Å². The van der Waals surface area contributed by atoms with E-state index in [1.54, 1.807) is 11.9 Å². The Morgan fingerprint density at radius 1 is 1.50 bits per heavy atom. The molecule has 2 rings (SSSR count). The summed E-state index contributed by atoms with van der Waals surface area (Å²) in [5, 5.41) is 0. The van der Waals surface area contributed by atoms with E-state index in [-0.39, 0.29) is 0 Å². The first-order valence-corrected chi connectivity index (χ1v) is 3.49. The van der Waals surface area contributed by atoms with E-state index in [2.05, 4.69) is 9.71 Å². The fourth-order valence-electron chi connectivity index (χ4n) is 0.802. The summed E-state index contributed by atoms with van der Waals surface area (Å²) in [6.45, 7) is 0. The maximum absolute atomic E-state index is 3.17. The molecular weight excluding hydrogens is 120 g/mol. The second-order valence-corrected chi connectivity index (χ2v) is 2.57. The number of aromatic amines is 1. The van der Waals surface area contributed by atoms with E-state index in [9.17, 15) is 0 Å². The molecule has 1 aromatic rings. The third-order valence-corrected chi connectivity index (χ3v) is 2.06. The summed E-state index contributed by atoms with van der Waals surface area (Å²) in [7, 11) is 0. The standard InChI is InChI=1S/C5H6N2S/c1-4-3-8-7-5(4)2-6-1/h1-2,6-7H,3H2. The minimum absolute atomic E-state index is 1.10. The molecule has 0 aliphatic carbocycles. The summed E-state index contributed by atoms with van der Waals surface area (Å²) >= 11 is 1.74. The highest BCUT2D eigenvalue weighted by atomic mass is 32.2. The van der Waals surface area contributed by atoms with E-state index in [1.807, 2.05) is 12.4 Å². The van der Waals surface area contributed by atoms with E-state index in [0.717, 1.165) is 5.75 Å². The van der Waals surface area contributed by atoms with Crippen molar-refractivity contribution in [2.45, 2.75) is 5.75 Å². The van der Waals surface area contributed by atoms with Crippen molar-refractivity contribution in [3.63, 3.8) is 0 Å². The molecule has 0 atom stereocenters. The topological polar surface area (TPSA) is 27.8 Å². The van der Waals surface area contributed by atoms with Crippen molar-refractivity contribution in [3.05, 3.63) is 18.0 Å². The predicted octanol–water partition coefficient (Wildman–Crippen LogP) is 1.59. The fourth-order valence-corrected chi connectivity index (χ4v) is 1.61. The number of H-pyrrole nitrogens is 1. The number of aromatic nitrogens is 1. The van der Waals surface area contributed by atoms with Crippen LogP contribution in [-0.2, 0) is 5.75 Å². The minimum Gasteiger partial charge on any atom is -0.365 e. The van der Waals surface area contributed by atoms with Gasteiger partial charge in [-0.05, 0) is 11.9 Å². The average Bonchev–Trinajstić information content (AvgIpc) is 2.15. The first-order chi connectivity index (χ1) is 3.97. The molecule has 0 bridgehead atoms. The molecule has 2 N–H and O–H groups in total. The van der Waals surface area contributed by atoms with Gasteiger partial charge in [-0.15, -0.1) is 0 Å². The van der Waals surface area contributed by atoms with Gasteiger partial charge < -0.3 is 9.71 Å². The number of rotatable bonds is 0. The zero-order chi connectivity index (χ0) is 5.40. The lowest BCUT2D eigenvalue weighted by molar-refractivity contribution is 1.37. The molecule has 0 spiro atoms. The Hall–Kier alpha value is -0.570. The molecule has 2 nitrogen and oxygen atoms in total. The first-order valence-electron chi connectivity index (χ1n) is 2.50. The van der Waals surface area contributed by atoms with Gasteiger partial charge >= 0.3 is 0 Å². The fraction of sp³-hybridized carbons (Fsp3) is 0.200. The van der Waals surface area contributed by atoms with Gasteiger partial charge in [0.1, 0.15) is 0 Å². The van der Waals surface area contributed by atoms with Crippen LogP contribution in [0.4, 0.5) is 5.69 Å². The highest BCUT2D eigenvalue weighted by Crippen LogP contribution is 2.29. The summed E-state index contributed by atoms with van der Waals surface area (Å²) in [5.41, 5.74) is 2.63. The van der Waals surface area contributed by atoms with Crippen LogP contribution in [-0.4, -0.2) is 4.98 Å². The van der Waals surface area contributed by atoms with Crippen molar-refractivity contribution >= 4 is 17.6 Å². The molecule has 2 heterocycles. The first kappa shape index (κ1) is 4.32. The molecule has 0 fully saturated rings. The van der Waals surface area contributed by atoms with Crippen molar-refractivity contribution < 1.29 is 0 Å². The zero-order valence-electron chi connectivity index (χ0n) is 4.27. The van der Waals surface area contributed by atoms with E-state index in [0.29, 0.717) is 0 Å². The zero-order valence-corrected chi connectivity index (χ0v) is 5.09. The predicted molar refractivity (Wildman–Crippen MR) is 35.7 cm³/mol. The number of fused-ring (bicyclic) bond motifs is 1. The van der Waals surface area contributed by atoms with E-state index in [1.165, 1.54) is 11.3 Å². The second-order valence-electron chi connectivity index (χ2n) is 1.78. The van der Waals surface area contributed by atoms with Gasteiger partial charge in [-0.3, -0.25) is 0 Å². The van der Waals surface area contributed by atoms with E-state index in [4.69, 9.17) is 0 Å². The van der Waals surface area contributed by atoms with Crippen LogP contribution in [0.5, 0.6) is 0 Å². The number of hydrogen-bond donors (Lipinski definition) is 2. The number of hydrogen-bond acceptors (Lipinski definition) is 2. The lowest BCUT2D eigenvalue weighted by atomic mass is 10.3. The largest absolute Gasteiger partial charge is 0.365 e. The van der Waals surface area contributed by atoms with E-state index < -0.39 is 0 Å². The van der Waals surface area contributed by atoms with Crippen molar-refractivity contribution in [2.75, 3.05) is 4.72 Å². The second kappa shape index (κ2) is 1.45. The molecule has 8 heavy (non-hydrogen) atoms. The van der Waals surface area contributed by atoms with Gasteiger partial charge in [-0.25, -0.2) is 0 Å². The van der Waals surface area contributed by atoms with Crippen LogP contribution in [0.15, 0.2) is 12.4 Å². The Balaban J connectivity index is 2.54. The SMILES string of the molecule is c1[nH]cc2c1CSN2. The monoisotopic (exact) mass is 126 g/mol. The summed E-state index contributed by atoms with van der Waals surface area (Å²) < 4.78 is 3.17. The van der Waals surface area contributed by atoms with Crippen LogP contribution in [0.3, 0.4) is 0 Å². The Morgan fingerprint density at radius 3 is 3.38 bits per heavy atom. The Kier molecular flexibility index (Phi) is 0.784. The summed E-state index contributed by atoms with van der Waals surface area (Å²) in [4.78, 5) is 3.02. The van der Waals surface area contributed by atoms with Gasteiger partial charge in [0.2, 0.25) is 0 Å². The Bertz CT molecular complexity index is 176. The molecule has 3 heteroatoms. The van der Waals surface area contributed by atoms with Gasteiger partial charge in [0.15, 0.2) is 0 Å². The molecule has 0 unspecified atom stereocenters. The Morgan fingerprint density at radius 2 is 2.50 bits per heavy atom. The molecular formula is C5H6N2S. The molecule has 0 saturated carbocycles. The smallest absolute Gasteiger partial charge is 0.0658 e. The van der Waals surface area contributed by atoms with Gasteiger partial charge in [0, 0.05) is 23.7 Å². The lowest BCUT2D eigenvalue weighted by Crippen LogP contribution is -1.71. The van der Waals surface area contributed by atoms with Gasteiger partial charge in [-0.2, -0.15) is 0 Å². The van der Waals surface area contributed by atoms with Gasteiger partial charge in [-0.1, -0.05) is 0 Å². The third kappa shape index (κ3) is 0.448. The minimum atomic E-state index is 1.10. The van der Waals surface area contributed by atoms with Crippen molar-refractivity contribution in [1.82, 2.24) is 4.98 Å².